The SMILES string of the molecule is C[C@@H]1CCC2C(C)(C)C(=O)[C@]3(C)C(=O)C=CC213. The van der Waals surface area contributed by atoms with Crippen molar-refractivity contribution in [2.45, 2.75) is 40.5 Å². The first-order valence-electron chi connectivity index (χ1n) is 6.58. The zero-order valence-electron chi connectivity index (χ0n) is 11.0. The van der Waals surface area contributed by atoms with Crippen LogP contribution in [0.3, 0.4) is 0 Å². The summed E-state index contributed by atoms with van der Waals surface area (Å²) in [4.78, 5) is 25.0. The molecule has 2 unspecified atom stereocenters. The summed E-state index contributed by atoms with van der Waals surface area (Å²) in [6.07, 6.45) is 5.95. The van der Waals surface area contributed by atoms with Crippen LogP contribution < -0.4 is 0 Å². The van der Waals surface area contributed by atoms with Crippen LogP contribution in [-0.4, -0.2) is 11.6 Å². The number of hydrogen-bond donors (Lipinski definition) is 0. The van der Waals surface area contributed by atoms with E-state index in [0.29, 0.717) is 11.8 Å². The van der Waals surface area contributed by atoms with E-state index in [1.54, 1.807) is 6.08 Å². The topological polar surface area (TPSA) is 34.1 Å². The molecule has 3 rings (SSSR count). The van der Waals surface area contributed by atoms with E-state index < -0.39 is 5.41 Å². The van der Waals surface area contributed by atoms with Crippen LogP contribution in [0.15, 0.2) is 12.2 Å². The highest BCUT2D eigenvalue weighted by atomic mass is 16.2. The van der Waals surface area contributed by atoms with Gasteiger partial charge in [-0.1, -0.05) is 26.8 Å². The fourth-order valence-corrected chi connectivity index (χ4v) is 5.19. The molecule has 0 aromatic heterocycles. The molecule has 3 aliphatic carbocycles. The Labute approximate surface area is 102 Å². The second-order valence-electron chi connectivity index (χ2n) is 6.84. The van der Waals surface area contributed by atoms with E-state index >= 15 is 0 Å². The summed E-state index contributed by atoms with van der Waals surface area (Å²) in [6, 6.07) is 0. The maximum absolute atomic E-state index is 12.7. The molecular formula is C15H20O2. The van der Waals surface area contributed by atoms with Crippen LogP contribution in [0.4, 0.5) is 0 Å². The lowest BCUT2D eigenvalue weighted by atomic mass is 9.61. The molecule has 2 saturated carbocycles. The van der Waals surface area contributed by atoms with Gasteiger partial charge in [0.05, 0.1) is 5.41 Å². The van der Waals surface area contributed by atoms with Crippen molar-refractivity contribution in [2.75, 3.05) is 0 Å². The first-order chi connectivity index (χ1) is 7.79. The summed E-state index contributed by atoms with van der Waals surface area (Å²) in [5.41, 5.74) is -1.32. The average Bonchev–Trinajstić information content (AvgIpc) is 2.77. The van der Waals surface area contributed by atoms with E-state index in [4.69, 9.17) is 0 Å². The van der Waals surface area contributed by atoms with Crippen molar-refractivity contribution in [1.82, 2.24) is 0 Å². The lowest BCUT2D eigenvalue weighted by molar-refractivity contribution is -0.141. The Kier molecular flexibility index (Phi) is 1.80. The summed E-state index contributed by atoms with van der Waals surface area (Å²) < 4.78 is 0. The van der Waals surface area contributed by atoms with E-state index in [0.717, 1.165) is 12.8 Å². The van der Waals surface area contributed by atoms with Crippen molar-refractivity contribution < 1.29 is 9.59 Å². The number of hydrogen-bond acceptors (Lipinski definition) is 2. The van der Waals surface area contributed by atoms with E-state index in [1.165, 1.54) is 0 Å². The van der Waals surface area contributed by atoms with E-state index in [9.17, 15) is 9.59 Å². The zero-order valence-corrected chi connectivity index (χ0v) is 11.0. The summed E-state index contributed by atoms with van der Waals surface area (Å²) >= 11 is 0. The summed E-state index contributed by atoms with van der Waals surface area (Å²) in [6.45, 7) is 8.16. The minimum atomic E-state index is -0.781. The third-order valence-electron chi connectivity index (χ3n) is 6.06. The molecule has 0 radical (unpaired) electrons. The Hall–Kier alpha value is -0.920. The average molecular weight is 232 g/mol. The number of allylic oxidation sites excluding steroid dienone is 2. The van der Waals surface area contributed by atoms with E-state index in [1.807, 2.05) is 20.8 Å². The Morgan fingerprint density at radius 3 is 2.47 bits per heavy atom. The second-order valence-corrected chi connectivity index (χ2v) is 6.84. The van der Waals surface area contributed by atoms with Gasteiger partial charge in [0.2, 0.25) is 0 Å². The van der Waals surface area contributed by atoms with Crippen molar-refractivity contribution in [3.8, 4) is 0 Å². The Balaban J connectivity index is 2.31. The first-order valence-corrected chi connectivity index (χ1v) is 6.58. The molecule has 0 N–H and O–H groups in total. The van der Waals surface area contributed by atoms with Gasteiger partial charge in [-0.25, -0.2) is 0 Å². The smallest absolute Gasteiger partial charge is 0.169 e. The fraction of sp³-hybridized carbons (Fsp3) is 0.733. The second kappa shape index (κ2) is 2.73. The van der Waals surface area contributed by atoms with Crippen LogP contribution >= 0.6 is 0 Å². The number of Topliss-reactive ketones (excluding diaryl/α,β-unsaturated/α-hetero) is 1. The highest BCUT2D eigenvalue weighted by molar-refractivity contribution is 6.18. The van der Waals surface area contributed by atoms with Crippen molar-refractivity contribution >= 4 is 11.6 Å². The predicted octanol–water partition coefficient (Wildman–Crippen LogP) is 2.77. The lowest BCUT2D eigenvalue weighted by Crippen LogP contribution is -2.44. The normalized spacial score (nSPS) is 50.8. The summed E-state index contributed by atoms with van der Waals surface area (Å²) in [5.74, 6) is 0.972. The standard InChI is InChI=1S/C15H20O2/c1-9-5-6-10-13(2,3)12(17)14(4)11(16)7-8-15(9,10)14/h7-10H,5-6H2,1-4H3/t9-,10?,14+,15?/m1/s1. The summed E-state index contributed by atoms with van der Waals surface area (Å²) in [7, 11) is 0. The number of carbonyl (C=O) groups is 2. The highest BCUT2D eigenvalue weighted by Crippen LogP contribution is 2.72. The van der Waals surface area contributed by atoms with Gasteiger partial charge in [0, 0.05) is 10.8 Å². The molecule has 92 valence electrons. The molecule has 0 saturated heterocycles. The molecule has 2 heteroatoms. The maximum atomic E-state index is 12.7. The Morgan fingerprint density at radius 1 is 1.18 bits per heavy atom. The molecule has 0 bridgehead atoms. The van der Waals surface area contributed by atoms with Gasteiger partial charge in [0.1, 0.15) is 0 Å². The van der Waals surface area contributed by atoms with Crippen LogP contribution in [0.1, 0.15) is 40.5 Å². The van der Waals surface area contributed by atoms with Crippen LogP contribution in [0.5, 0.6) is 0 Å². The molecule has 0 aromatic carbocycles. The molecule has 17 heavy (non-hydrogen) atoms. The molecule has 0 amide bonds. The van der Waals surface area contributed by atoms with E-state index in [2.05, 4.69) is 13.0 Å². The van der Waals surface area contributed by atoms with Gasteiger partial charge in [-0.15, -0.1) is 0 Å². The highest BCUT2D eigenvalue weighted by Gasteiger charge is 2.76. The molecule has 0 heterocycles. The van der Waals surface area contributed by atoms with Gasteiger partial charge in [-0.3, -0.25) is 9.59 Å². The van der Waals surface area contributed by atoms with Crippen LogP contribution in [-0.2, 0) is 9.59 Å². The number of carbonyl (C=O) groups excluding carboxylic acids is 2. The maximum Gasteiger partial charge on any atom is 0.169 e. The number of rotatable bonds is 0. The quantitative estimate of drug-likeness (QED) is 0.602. The van der Waals surface area contributed by atoms with Crippen molar-refractivity contribution in [1.29, 1.82) is 0 Å². The molecule has 3 aliphatic rings. The van der Waals surface area contributed by atoms with Crippen LogP contribution in [0, 0.1) is 28.1 Å². The monoisotopic (exact) mass is 232 g/mol. The van der Waals surface area contributed by atoms with Crippen LogP contribution in [0.25, 0.3) is 0 Å². The zero-order chi connectivity index (χ0) is 12.6. The first kappa shape index (κ1) is 11.2. The van der Waals surface area contributed by atoms with Gasteiger partial charge in [-0.05, 0) is 37.7 Å². The molecule has 2 fully saturated rings. The lowest BCUT2D eigenvalue weighted by Gasteiger charge is -2.38. The minimum absolute atomic E-state index is 0.0341. The van der Waals surface area contributed by atoms with Crippen molar-refractivity contribution in [3.05, 3.63) is 12.2 Å². The largest absolute Gasteiger partial charge is 0.298 e. The third kappa shape index (κ3) is 0.850. The Bertz CT molecular complexity index is 460. The van der Waals surface area contributed by atoms with Gasteiger partial charge >= 0.3 is 0 Å². The fourth-order valence-electron chi connectivity index (χ4n) is 5.19. The van der Waals surface area contributed by atoms with Crippen molar-refractivity contribution in [3.63, 3.8) is 0 Å². The summed E-state index contributed by atoms with van der Waals surface area (Å²) in [5, 5.41) is 0. The van der Waals surface area contributed by atoms with Gasteiger partial charge in [0.15, 0.2) is 11.6 Å². The molecule has 1 spiro atoms. The predicted molar refractivity (Wildman–Crippen MR) is 65.4 cm³/mol. The van der Waals surface area contributed by atoms with Crippen LogP contribution in [0.2, 0.25) is 0 Å². The van der Waals surface area contributed by atoms with Gasteiger partial charge in [0.25, 0.3) is 0 Å². The minimum Gasteiger partial charge on any atom is -0.298 e. The van der Waals surface area contributed by atoms with Crippen molar-refractivity contribution in [2.24, 2.45) is 28.1 Å². The van der Waals surface area contributed by atoms with E-state index in [-0.39, 0.29) is 22.4 Å². The number of ketones is 2. The molecule has 0 aliphatic heterocycles. The van der Waals surface area contributed by atoms with Gasteiger partial charge in [-0.2, -0.15) is 0 Å². The molecule has 4 atom stereocenters. The molecule has 2 nitrogen and oxygen atoms in total. The molecular weight excluding hydrogens is 212 g/mol. The van der Waals surface area contributed by atoms with Gasteiger partial charge < -0.3 is 0 Å². The molecule has 0 aromatic rings. The Morgan fingerprint density at radius 2 is 1.82 bits per heavy atom. The third-order valence-corrected chi connectivity index (χ3v) is 6.06.